The monoisotopic (exact) mass is 224 g/mol. The van der Waals surface area contributed by atoms with Crippen LogP contribution in [-0.4, -0.2) is 23.1 Å². The Hall–Kier alpha value is -1.29. The van der Waals surface area contributed by atoms with E-state index in [2.05, 4.69) is 32.8 Å². The molecule has 1 aromatic rings. The number of hydrogen-bond acceptors (Lipinski definition) is 4. The van der Waals surface area contributed by atoms with Crippen molar-refractivity contribution < 1.29 is 0 Å². The van der Waals surface area contributed by atoms with Crippen molar-refractivity contribution in [2.75, 3.05) is 17.7 Å². The maximum Gasteiger partial charge on any atom is 0.157 e. The third-order valence-electron chi connectivity index (χ3n) is 2.40. The molecule has 80 valence electrons. The van der Waals surface area contributed by atoms with Gasteiger partial charge in [0.2, 0.25) is 0 Å². The quantitative estimate of drug-likeness (QED) is 0.611. The smallest absolute Gasteiger partial charge is 0.157 e. The third kappa shape index (κ3) is 2.21. The van der Waals surface area contributed by atoms with Crippen LogP contribution in [0.4, 0.5) is 11.5 Å². The van der Waals surface area contributed by atoms with E-state index in [0.717, 1.165) is 24.3 Å². The zero-order valence-corrected chi connectivity index (χ0v) is 9.25. The molecule has 0 amide bonds. The van der Waals surface area contributed by atoms with E-state index in [9.17, 15) is 0 Å². The van der Waals surface area contributed by atoms with Gasteiger partial charge in [-0.25, -0.2) is 9.97 Å². The first-order valence-corrected chi connectivity index (χ1v) is 5.29. The molecule has 0 unspecified atom stereocenters. The van der Waals surface area contributed by atoms with Crippen LogP contribution < -0.4 is 10.6 Å². The molecule has 1 aliphatic carbocycles. The highest BCUT2D eigenvalue weighted by Crippen LogP contribution is 2.27. The molecular formula is C10H13ClN4. The van der Waals surface area contributed by atoms with Crippen LogP contribution in [0.2, 0.25) is 5.15 Å². The standard InChI is InChI=1S/C10H13ClN4/c1-12-8-9(11)13-6-14-10(8)15-7-4-2-3-5-7/h2-3,6-7,12H,4-5H2,1H3,(H,13,14,15). The highest BCUT2D eigenvalue weighted by Gasteiger charge is 2.14. The maximum atomic E-state index is 5.95. The largest absolute Gasteiger partial charge is 0.383 e. The number of halogens is 1. The van der Waals surface area contributed by atoms with Gasteiger partial charge in [0.25, 0.3) is 0 Å². The van der Waals surface area contributed by atoms with Crippen molar-refractivity contribution in [3.8, 4) is 0 Å². The molecular weight excluding hydrogens is 212 g/mol. The fourth-order valence-corrected chi connectivity index (χ4v) is 1.85. The van der Waals surface area contributed by atoms with Crippen LogP contribution in [0.3, 0.4) is 0 Å². The first-order chi connectivity index (χ1) is 7.31. The molecule has 0 aliphatic heterocycles. The molecule has 0 radical (unpaired) electrons. The molecule has 0 aromatic carbocycles. The molecule has 1 heterocycles. The van der Waals surface area contributed by atoms with E-state index in [0.29, 0.717) is 11.2 Å². The molecule has 1 aromatic heterocycles. The van der Waals surface area contributed by atoms with Crippen molar-refractivity contribution in [3.63, 3.8) is 0 Å². The van der Waals surface area contributed by atoms with E-state index in [1.54, 1.807) is 0 Å². The summed E-state index contributed by atoms with van der Waals surface area (Å²) >= 11 is 5.95. The lowest BCUT2D eigenvalue weighted by atomic mass is 10.2. The Bertz CT molecular complexity index is 370. The second-order valence-corrected chi connectivity index (χ2v) is 3.78. The predicted molar refractivity (Wildman–Crippen MR) is 62.4 cm³/mol. The maximum absolute atomic E-state index is 5.95. The summed E-state index contributed by atoms with van der Waals surface area (Å²) in [7, 11) is 1.81. The highest BCUT2D eigenvalue weighted by molar-refractivity contribution is 6.32. The predicted octanol–water partition coefficient (Wildman–Crippen LogP) is 2.30. The van der Waals surface area contributed by atoms with Crippen molar-refractivity contribution in [3.05, 3.63) is 23.6 Å². The minimum Gasteiger partial charge on any atom is -0.383 e. The first-order valence-electron chi connectivity index (χ1n) is 4.91. The lowest BCUT2D eigenvalue weighted by Gasteiger charge is -2.15. The number of nitrogens with one attached hydrogen (secondary N) is 2. The molecule has 2 N–H and O–H groups in total. The Labute approximate surface area is 93.8 Å². The van der Waals surface area contributed by atoms with Crippen molar-refractivity contribution in [1.82, 2.24) is 9.97 Å². The van der Waals surface area contributed by atoms with Gasteiger partial charge >= 0.3 is 0 Å². The van der Waals surface area contributed by atoms with Gasteiger partial charge in [0.1, 0.15) is 12.0 Å². The molecule has 5 heteroatoms. The molecule has 0 fully saturated rings. The second-order valence-electron chi connectivity index (χ2n) is 3.42. The van der Waals surface area contributed by atoms with Crippen LogP contribution in [0.25, 0.3) is 0 Å². The van der Waals surface area contributed by atoms with Crippen LogP contribution in [0.1, 0.15) is 12.8 Å². The van der Waals surface area contributed by atoms with Gasteiger partial charge < -0.3 is 10.6 Å². The topological polar surface area (TPSA) is 49.8 Å². The lowest BCUT2D eigenvalue weighted by molar-refractivity contribution is 0.780. The summed E-state index contributed by atoms with van der Waals surface area (Å²) in [5.74, 6) is 0.770. The number of rotatable bonds is 3. The molecule has 0 spiro atoms. The minimum atomic E-state index is 0.420. The van der Waals surface area contributed by atoms with Gasteiger partial charge in [-0.1, -0.05) is 23.8 Å². The summed E-state index contributed by atoms with van der Waals surface area (Å²) in [6.07, 6.45) is 7.86. The Morgan fingerprint density at radius 2 is 2.07 bits per heavy atom. The molecule has 2 rings (SSSR count). The van der Waals surface area contributed by atoms with Crippen molar-refractivity contribution in [2.24, 2.45) is 0 Å². The SMILES string of the molecule is CNc1c(Cl)ncnc1NC1CC=CC1. The van der Waals surface area contributed by atoms with Crippen LogP contribution >= 0.6 is 11.6 Å². The molecule has 0 bridgehead atoms. The van der Waals surface area contributed by atoms with Crippen LogP contribution in [-0.2, 0) is 0 Å². The van der Waals surface area contributed by atoms with Crippen LogP contribution in [0, 0.1) is 0 Å². The van der Waals surface area contributed by atoms with Gasteiger partial charge in [-0.15, -0.1) is 0 Å². The number of anilines is 2. The van der Waals surface area contributed by atoms with Gasteiger partial charge in [-0.3, -0.25) is 0 Å². The summed E-state index contributed by atoms with van der Waals surface area (Å²) in [6, 6.07) is 0.420. The van der Waals surface area contributed by atoms with Crippen molar-refractivity contribution >= 4 is 23.1 Å². The Morgan fingerprint density at radius 1 is 1.33 bits per heavy atom. The first kappa shape index (κ1) is 10.2. The van der Waals surface area contributed by atoms with E-state index < -0.39 is 0 Å². The van der Waals surface area contributed by atoms with Crippen molar-refractivity contribution in [1.29, 1.82) is 0 Å². The highest BCUT2D eigenvalue weighted by atomic mass is 35.5. The summed E-state index contributed by atoms with van der Waals surface area (Å²) in [5.41, 5.74) is 0.756. The van der Waals surface area contributed by atoms with E-state index in [-0.39, 0.29) is 0 Å². The molecule has 4 nitrogen and oxygen atoms in total. The fourth-order valence-electron chi connectivity index (χ4n) is 1.62. The van der Waals surface area contributed by atoms with Crippen molar-refractivity contribution in [2.45, 2.75) is 18.9 Å². The molecule has 15 heavy (non-hydrogen) atoms. The van der Waals surface area contributed by atoms with Gasteiger partial charge in [0.15, 0.2) is 11.0 Å². The van der Waals surface area contributed by atoms with E-state index >= 15 is 0 Å². The molecule has 0 saturated carbocycles. The lowest BCUT2D eigenvalue weighted by Crippen LogP contribution is -2.17. The summed E-state index contributed by atoms with van der Waals surface area (Å²) in [5, 5.41) is 6.78. The number of aromatic nitrogens is 2. The van der Waals surface area contributed by atoms with E-state index in [1.165, 1.54) is 6.33 Å². The molecule has 0 atom stereocenters. The van der Waals surface area contributed by atoms with Gasteiger partial charge in [0.05, 0.1) is 0 Å². The summed E-state index contributed by atoms with van der Waals surface area (Å²) in [4.78, 5) is 8.10. The Morgan fingerprint density at radius 3 is 2.73 bits per heavy atom. The van der Waals surface area contributed by atoms with E-state index in [1.807, 2.05) is 7.05 Å². The third-order valence-corrected chi connectivity index (χ3v) is 2.69. The zero-order valence-electron chi connectivity index (χ0n) is 8.50. The number of hydrogen-bond donors (Lipinski definition) is 2. The summed E-state index contributed by atoms with van der Waals surface area (Å²) in [6.45, 7) is 0. The Kier molecular flexibility index (Phi) is 3.06. The molecule has 1 aliphatic rings. The van der Waals surface area contributed by atoms with Gasteiger partial charge in [0, 0.05) is 13.1 Å². The van der Waals surface area contributed by atoms with Crippen LogP contribution in [0.5, 0.6) is 0 Å². The second kappa shape index (κ2) is 4.49. The average Bonchev–Trinajstić information content (AvgIpc) is 2.71. The van der Waals surface area contributed by atoms with Gasteiger partial charge in [-0.2, -0.15) is 0 Å². The summed E-state index contributed by atoms with van der Waals surface area (Å²) < 4.78 is 0. The van der Waals surface area contributed by atoms with E-state index in [4.69, 9.17) is 11.6 Å². The Balaban J connectivity index is 2.16. The fraction of sp³-hybridized carbons (Fsp3) is 0.400. The normalized spacial score (nSPS) is 15.6. The average molecular weight is 225 g/mol. The van der Waals surface area contributed by atoms with Gasteiger partial charge in [-0.05, 0) is 12.8 Å². The number of nitrogens with zero attached hydrogens (tertiary/aromatic N) is 2. The van der Waals surface area contributed by atoms with Crippen LogP contribution in [0.15, 0.2) is 18.5 Å². The minimum absolute atomic E-state index is 0.420. The zero-order chi connectivity index (χ0) is 10.7. The molecule has 0 saturated heterocycles.